The van der Waals surface area contributed by atoms with Crippen LogP contribution in [0.3, 0.4) is 0 Å². The summed E-state index contributed by atoms with van der Waals surface area (Å²) < 4.78 is 11.2. The van der Waals surface area contributed by atoms with E-state index in [4.69, 9.17) is 32.4 Å². The van der Waals surface area contributed by atoms with Crippen LogP contribution in [-0.4, -0.2) is 5.91 Å². The Bertz CT molecular complexity index is 930. The molecule has 3 rings (SSSR count). The van der Waals surface area contributed by atoms with Crippen molar-refractivity contribution in [2.45, 2.75) is 20.5 Å². The van der Waals surface area contributed by atoms with Crippen LogP contribution < -0.4 is 10.1 Å². The number of aryl methyl sites for hydroxylation is 2. The Hall–Kier alpha value is -2.43. The second-order valence-corrected chi connectivity index (χ2v) is 6.61. The van der Waals surface area contributed by atoms with Crippen LogP contribution in [0.1, 0.15) is 27.4 Å². The highest BCUT2D eigenvalue weighted by atomic mass is 35.5. The van der Waals surface area contributed by atoms with Gasteiger partial charge in [-0.3, -0.25) is 4.79 Å². The number of rotatable bonds is 5. The van der Waals surface area contributed by atoms with Crippen molar-refractivity contribution in [3.05, 3.63) is 81.2 Å². The van der Waals surface area contributed by atoms with Gasteiger partial charge in [-0.25, -0.2) is 0 Å². The molecule has 0 saturated carbocycles. The first-order valence-electron chi connectivity index (χ1n) is 7.99. The first-order chi connectivity index (χ1) is 12.5. The molecule has 4 nitrogen and oxygen atoms in total. The van der Waals surface area contributed by atoms with Gasteiger partial charge in [-0.05, 0) is 49.2 Å². The number of ether oxygens (including phenoxy) is 1. The van der Waals surface area contributed by atoms with Gasteiger partial charge in [-0.1, -0.05) is 47.5 Å². The molecule has 0 radical (unpaired) electrons. The fourth-order valence-corrected chi connectivity index (χ4v) is 2.86. The van der Waals surface area contributed by atoms with Crippen molar-refractivity contribution in [2.75, 3.05) is 5.32 Å². The van der Waals surface area contributed by atoms with E-state index < -0.39 is 0 Å². The molecule has 0 bridgehead atoms. The van der Waals surface area contributed by atoms with Gasteiger partial charge >= 0.3 is 0 Å². The molecule has 0 fully saturated rings. The van der Waals surface area contributed by atoms with Gasteiger partial charge in [0.2, 0.25) is 0 Å². The summed E-state index contributed by atoms with van der Waals surface area (Å²) in [4.78, 5) is 12.4. The maximum atomic E-state index is 12.4. The highest BCUT2D eigenvalue weighted by Crippen LogP contribution is 2.32. The molecule has 134 valence electrons. The van der Waals surface area contributed by atoms with Crippen LogP contribution in [0.5, 0.6) is 5.75 Å². The predicted octanol–water partition coefficient (Wildman–Crippen LogP) is 6.03. The Balaban J connectivity index is 1.67. The van der Waals surface area contributed by atoms with Gasteiger partial charge in [0.1, 0.15) is 23.1 Å². The second-order valence-electron chi connectivity index (χ2n) is 5.83. The number of hydrogen-bond donors (Lipinski definition) is 1. The van der Waals surface area contributed by atoms with E-state index in [1.54, 1.807) is 30.3 Å². The van der Waals surface area contributed by atoms with E-state index in [1.807, 2.05) is 32.0 Å². The Morgan fingerprint density at radius 2 is 1.73 bits per heavy atom. The molecule has 1 N–H and O–H groups in total. The highest BCUT2D eigenvalue weighted by Gasteiger charge is 2.14. The van der Waals surface area contributed by atoms with Crippen LogP contribution in [0.2, 0.25) is 10.0 Å². The molecule has 2 aromatic carbocycles. The van der Waals surface area contributed by atoms with Crippen LogP contribution in [0.25, 0.3) is 0 Å². The first-order valence-corrected chi connectivity index (χ1v) is 8.74. The van der Waals surface area contributed by atoms with Crippen molar-refractivity contribution in [2.24, 2.45) is 0 Å². The number of anilines is 1. The molecule has 0 atom stereocenters. The Kier molecular flexibility index (Phi) is 5.55. The molecule has 3 aromatic rings. The molecule has 0 saturated heterocycles. The van der Waals surface area contributed by atoms with Crippen molar-refractivity contribution >= 4 is 34.8 Å². The number of nitrogens with one attached hydrogen (secondary N) is 1. The van der Waals surface area contributed by atoms with Gasteiger partial charge in [0.25, 0.3) is 5.91 Å². The minimum atomic E-state index is -0.311. The summed E-state index contributed by atoms with van der Waals surface area (Å²) in [7, 11) is 0. The summed E-state index contributed by atoms with van der Waals surface area (Å²) in [5.41, 5.74) is 2.77. The number of carbonyl (C=O) groups excluding carboxylic acids is 1. The smallest absolute Gasteiger partial charge is 0.291 e. The molecule has 1 aromatic heterocycles. The summed E-state index contributed by atoms with van der Waals surface area (Å²) in [6.07, 6.45) is 0. The molecule has 0 aliphatic heterocycles. The lowest BCUT2D eigenvalue weighted by atomic mass is 10.1. The van der Waals surface area contributed by atoms with Crippen molar-refractivity contribution in [3.63, 3.8) is 0 Å². The van der Waals surface area contributed by atoms with Gasteiger partial charge in [-0.15, -0.1) is 0 Å². The first kappa shape index (κ1) is 18.4. The molecule has 0 unspecified atom stereocenters. The Morgan fingerprint density at radius 1 is 1.04 bits per heavy atom. The normalized spacial score (nSPS) is 10.6. The third kappa shape index (κ3) is 4.03. The molecule has 0 aliphatic rings. The highest BCUT2D eigenvalue weighted by molar-refractivity contribution is 6.42. The maximum Gasteiger partial charge on any atom is 0.291 e. The lowest BCUT2D eigenvalue weighted by Gasteiger charge is -2.10. The van der Waals surface area contributed by atoms with E-state index >= 15 is 0 Å². The van der Waals surface area contributed by atoms with Crippen molar-refractivity contribution < 1.29 is 13.9 Å². The van der Waals surface area contributed by atoms with E-state index in [9.17, 15) is 4.79 Å². The maximum absolute atomic E-state index is 12.4. The number of hydrogen-bond acceptors (Lipinski definition) is 3. The average molecular weight is 390 g/mol. The van der Waals surface area contributed by atoms with E-state index in [-0.39, 0.29) is 18.3 Å². The third-order valence-corrected chi connectivity index (χ3v) is 4.69. The molecule has 1 amide bonds. The van der Waals surface area contributed by atoms with Crippen LogP contribution in [0, 0.1) is 13.8 Å². The Morgan fingerprint density at radius 3 is 2.46 bits per heavy atom. The molecule has 0 aliphatic carbocycles. The number of para-hydroxylation sites is 1. The standard InChI is InChI=1S/C20H17Cl2NO3/c1-12-5-3-6-13(2)19(12)23-20(24)17-10-9-14(26-17)11-25-16-8-4-7-15(21)18(16)22/h3-10H,11H2,1-2H3,(H,23,24). The van der Waals surface area contributed by atoms with E-state index in [0.29, 0.717) is 21.6 Å². The number of halogens is 2. The number of carbonyl (C=O) groups is 1. The minimum Gasteiger partial charge on any atom is -0.484 e. The zero-order valence-electron chi connectivity index (χ0n) is 14.3. The van der Waals surface area contributed by atoms with Crippen molar-refractivity contribution in [1.29, 1.82) is 0 Å². The van der Waals surface area contributed by atoms with Gasteiger partial charge in [-0.2, -0.15) is 0 Å². The summed E-state index contributed by atoms with van der Waals surface area (Å²) in [6.45, 7) is 4.02. The number of benzene rings is 2. The fourth-order valence-electron chi connectivity index (χ4n) is 2.51. The van der Waals surface area contributed by atoms with Crippen molar-refractivity contribution in [1.82, 2.24) is 0 Å². The van der Waals surface area contributed by atoms with Crippen molar-refractivity contribution in [3.8, 4) is 5.75 Å². The van der Waals surface area contributed by atoms with E-state index in [0.717, 1.165) is 16.8 Å². The monoisotopic (exact) mass is 389 g/mol. The SMILES string of the molecule is Cc1cccc(C)c1NC(=O)c1ccc(COc2cccc(Cl)c2Cl)o1. The van der Waals surface area contributed by atoms with Crippen LogP contribution >= 0.6 is 23.2 Å². The van der Waals surface area contributed by atoms with Gasteiger partial charge in [0, 0.05) is 5.69 Å². The summed E-state index contributed by atoms with van der Waals surface area (Å²) in [5, 5.41) is 3.64. The summed E-state index contributed by atoms with van der Waals surface area (Å²) >= 11 is 12.0. The number of furan rings is 1. The zero-order valence-corrected chi connectivity index (χ0v) is 15.8. The predicted molar refractivity (Wildman–Crippen MR) is 103 cm³/mol. The number of amides is 1. The van der Waals surface area contributed by atoms with Crippen LogP contribution in [0.15, 0.2) is 52.9 Å². The largest absolute Gasteiger partial charge is 0.484 e. The molecular formula is C20H17Cl2NO3. The summed E-state index contributed by atoms with van der Waals surface area (Å²) in [6, 6.07) is 14.3. The molecular weight excluding hydrogens is 373 g/mol. The molecule has 0 spiro atoms. The lowest BCUT2D eigenvalue weighted by molar-refractivity contribution is 0.0992. The minimum absolute atomic E-state index is 0.136. The van der Waals surface area contributed by atoms with Gasteiger partial charge < -0.3 is 14.5 Å². The van der Waals surface area contributed by atoms with E-state index in [2.05, 4.69) is 5.32 Å². The van der Waals surface area contributed by atoms with Gasteiger partial charge in [0.15, 0.2) is 5.76 Å². The second kappa shape index (κ2) is 7.85. The zero-order chi connectivity index (χ0) is 18.7. The van der Waals surface area contributed by atoms with E-state index in [1.165, 1.54) is 0 Å². The molecule has 6 heteroatoms. The molecule has 1 heterocycles. The topological polar surface area (TPSA) is 51.5 Å². The lowest BCUT2D eigenvalue weighted by Crippen LogP contribution is -2.13. The summed E-state index contributed by atoms with van der Waals surface area (Å²) in [5.74, 6) is 0.864. The van der Waals surface area contributed by atoms with Crippen LogP contribution in [0.4, 0.5) is 5.69 Å². The fraction of sp³-hybridized carbons (Fsp3) is 0.150. The average Bonchev–Trinajstić information content (AvgIpc) is 3.08. The Labute approximate surface area is 161 Å². The van der Waals surface area contributed by atoms with Crippen LogP contribution in [-0.2, 0) is 6.61 Å². The quantitative estimate of drug-likeness (QED) is 0.578. The molecule has 26 heavy (non-hydrogen) atoms. The van der Waals surface area contributed by atoms with Gasteiger partial charge in [0.05, 0.1) is 5.02 Å². The third-order valence-electron chi connectivity index (χ3n) is 3.89.